The van der Waals surface area contributed by atoms with Crippen LogP contribution in [-0.4, -0.2) is 36.2 Å². The molecule has 2 unspecified atom stereocenters. The van der Waals surface area contributed by atoms with Crippen LogP contribution >= 0.6 is 0 Å². The topological polar surface area (TPSA) is 50.4 Å². The molecular formula is C13H26N2O2. The smallest absolute Gasteiger partial charge is 0.237 e. The van der Waals surface area contributed by atoms with Crippen LogP contribution in [0.25, 0.3) is 0 Å². The van der Waals surface area contributed by atoms with Crippen LogP contribution in [0, 0.1) is 0 Å². The molecular weight excluding hydrogens is 216 g/mol. The third kappa shape index (κ3) is 5.04. The Morgan fingerprint density at radius 2 is 2.06 bits per heavy atom. The normalized spacial score (nSPS) is 24.9. The van der Waals surface area contributed by atoms with Gasteiger partial charge in [-0.3, -0.25) is 4.79 Å². The van der Waals surface area contributed by atoms with Crippen LogP contribution in [0.2, 0.25) is 0 Å². The molecule has 1 rings (SSSR count). The molecule has 2 N–H and O–H groups in total. The zero-order chi connectivity index (χ0) is 13.1. The molecule has 0 spiro atoms. The average molecular weight is 242 g/mol. The Balaban J connectivity index is 2.24. The van der Waals surface area contributed by atoms with E-state index in [0.29, 0.717) is 0 Å². The van der Waals surface area contributed by atoms with E-state index in [4.69, 9.17) is 4.74 Å². The lowest BCUT2D eigenvalue weighted by Crippen LogP contribution is -2.46. The summed E-state index contributed by atoms with van der Waals surface area (Å²) in [5.41, 5.74) is -0.00419. The van der Waals surface area contributed by atoms with Gasteiger partial charge in [0, 0.05) is 12.6 Å². The van der Waals surface area contributed by atoms with Gasteiger partial charge in [-0.2, -0.15) is 0 Å². The molecule has 1 amide bonds. The van der Waals surface area contributed by atoms with Gasteiger partial charge in [0.05, 0.1) is 17.7 Å². The summed E-state index contributed by atoms with van der Waals surface area (Å²) in [5.74, 6) is 0.0530. The highest BCUT2D eigenvalue weighted by Gasteiger charge is 2.31. The summed E-state index contributed by atoms with van der Waals surface area (Å²) < 4.78 is 5.87. The van der Waals surface area contributed by atoms with E-state index in [1.165, 1.54) is 0 Å². The molecule has 1 heterocycles. The Labute approximate surface area is 104 Å². The Hall–Kier alpha value is -0.610. The summed E-state index contributed by atoms with van der Waals surface area (Å²) in [5, 5.41) is 6.12. The molecule has 0 saturated carbocycles. The van der Waals surface area contributed by atoms with Crippen molar-refractivity contribution in [2.24, 2.45) is 0 Å². The van der Waals surface area contributed by atoms with Crippen molar-refractivity contribution in [3.8, 4) is 0 Å². The molecule has 1 aliphatic heterocycles. The van der Waals surface area contributed by atoms with E-state index in [1.54, 1.807) is 0 Å². The molecule has 0 aromatic heterocycles. The van der Waals surface area contributed by atoms with Gasteiger partial charge < -0.3 is 15.4 Å². The molecule has 0 aromatic rings. The van der Waals surface area contributed by atoms with Crippen molar-refractivity contribution >= 4 is 5.91 Å². The lowest BCUT2D eigenvalue weighted by molar-refractivity contribution is -0.123. The van der Waals surface area contributed by atoms with Gasteiger partial charge in [-0.25, -0.2) is 0 Å². The minimum absolute atomic E-state index is 0.00419. The Morgan fingerprint density at radius 3 is 2.53 bits per heavy atom. The molecule has 0 radical (unpaired) electrons. The second-order valence-electron chi connectivity index (χ2n) is 5.83. The maximum absolute atomic E-state index is 11.7. The number of hydrogen-bond acceptors (Lipinski definition) is 3. The number of rotatable bonds is 5. The maximum Gasteiger partial charge on any atom is 0.237 e. The highest BCUT2D eigenvalue weighted by atomic mass is 16.5. The number of amides is 1. The lowest BCUT2D eigenvalue weighted by atomic mass is 10.1. The number of hydrogen-bond donors (Lipinski definition) is 2. The fourth-order valence-corrected chi connectivity index (χ4v) is 2.03. The fourth-order valence-electron chi connectivity index (χ4n) is 2.03. The van der Waals surface area contributed by atoms with Crippen molar-refractivity contribution in [3.05, 3.63) is 0 Å². The molecule has 2 atom stereocenters. The number of carbonyl (C=O) groups excluding carboxylic acids is 1. The van der Waals surface area contributed by atoms with Gasteiger partial charge in [0.15, 0.2) is 0 Å². The van der Waals surface area contributed by atoms with Crippen LogP contribution in [0.5, 0.6) is 0 Å². The van der Waals surface area contributed by atoms with E-state index in [9.17, 15) is 4.79 Å². The summed E-state index contributed by atoms with van der Waals surface area (Å²) in [7, 11) is 0. The van der Waals surface area contributed by atoms with E-state index in [-0.39, 0.29) is 29.7 Å². The molecule has 100 valence electrons. The van der Waals surface area contributed by atoms with Crippen molar-refractivity contribution in [2.45, 2.75) is 71.2 Å². The second-order valence-corrected chi connectivity index (χ2v) is 5.83. The van der Waals surface area contributed by atoms with E-state index in [2.05, 4.69) is 24.5 Å². The zero-order valence-corrected chi connectivity index (χ0v) is 11.7. The molecule has 1 saturated heterocycles. The third-order valence-electron chi connectivity index (χ3n) is 3.03. The lowest BCUT2D eigenvalue weighted by Gasteiger charge is -2.21. The highest BCUT2D eigenvalue weighted by Crippen LogP contribution is 2.28. The maximum atomic E-state index is 11.7. The van der Waals surface area contributed by atoms with Crippen LogP contribution in [-0.2, 0) is 9.53 Å². The Morgan fingerprint density at radius 1 is 1.41 bits per heavy atom. The van der Waals surface area contributed by atoms with Gasteiger partial charge in [0.2, 0.25) is 5.91 Å². The van der Waals surface area contributed by atoms with Gasteiger partial charge >= 0.3 is 0 Å². The van der Waals surface area contributed by atoms with Crippen LogP contribution in [0.15, 0.2) is 0 Å². The minimum atomic E-state index is -0.162. The summed E-state index contributed by atoms with van der Waals surface area (Å²) in [6.45, 7) is 10.8. The summed E-state index contributed by atoms with van der Waals surface area (Å²) in [6, 6.07) is 0.0260. The first-order valence-corrected chi connectivity index (χ1v) is 6.52. The van der Waals surface area contributed by atoms with Crippen LogP contribution < -0.4 is 10.6 Å². The second kappa shape index (κ2) is 5.83. The standard InChI is InChI=1S/C13H26N2O2/c1-9(2)15-12(16)10(3)14-8-11-6-7-13(4,5)17-11/h9-11,14H,6-8H2,1-5H3,(H,15,16). The largest absolute Gasteiger partial charge is 0.371 e. The summed E-state index contributed by atoms with van der Waals surface area (Å²) in [6.07, 6.45) is 2.39. The molecule has 0 aliphatic carbocycles. The minimum Gasteiger partial charge on any atom is -0.371 e. The van der Waals surface area contributed by atoms with E-state index in [0.717, 1.165) is 19.4 Å². The molecule has 1 aliphatic rings. The number of carbonyl (C=O) groups is 1. The van der Waals surface area contributed by atoms with Crippen molar-refractivity contribution in [1.29, 1.82) is 0 Å². The molecule has 17 heavy (non-hydrogen) atoms. The third-order valence-corrected chi connectivity index (χ3v) is 3.03. The van der Waals surface area contributed by atoms with Crippen LogP contribution in [0.4, 0.5) is 0 Å². The molecule has 1 fully saturated rings. The summed E-state index contributed by atoms with van der Waals surface area (Å²) in [4.78, 5) is 11.7. The Bertz CT molecular complexity index is 264. The monoisotopic (exact) mass is 242 g/mol. The summed E-state index contributed by atoms with van der Waals surface area (Å²) >= 11 is 0. The van der Waals surface area contributed by atoms with Gasteiger partial charge in [-0.1, -0.05) is 0 Å². The molecule has 4 nitrogen and oxygen atoms in total. The van der Waals surface area contributed by atoms with E-state index in [1.807, 2.05) is 20.8 Å². The van der Waals surface area contributed by atoms with Crippen molar-refractivity contribution in [3.63, 3.8) is 0 Å². The predicted molar refractivity (Wildman–Crippen MR) is 68.9 cm³/mol. The van der Waals surface area contributed by atoms with E-state index >= 15 is 0 Å². The molecule has 0 aromatic carbocycles. The fraction of sp³-hybridized carbons (Fsp3) is 0.923. The van der Waals surface area contributed by atoms with Crippen LogP contribution in [0.3, 0.4) is 0 Å². The van der Waals surface area contributed by atoms with Crippen molar-refractivity contribution < 1.29 is 9.53 Å². The Kier molecular flexibility index (Phi) is 4.95. The van der Waals surface area contributed by atoms with E-state index < -0.39 is 0 Å². The first-order valence-electron chi connectivity index (χ1n) is 6.52. The van der Waals surface area contributed by atoms with Gasteiger partial charge in [0.1, 0.15) is 0 Å². The van der Waals surface area contributed by atoms with Crippen LogP contribution in [0.1, 0.15) is 47.5 Å². The number of ether oxygens (including phenoxy) is 1. The average Bonchev–Trinajstić information content (AvgIpc) is 2.53. The first-order chi connectivity index (χ1) is 7.80. The molecule has 0 bridgehead atoms. The van der Waals surface area contributed by atoms with Gasteiger partial charge in [-0.05, 0) is 47.5 Å². The van der Waals surface area contributed by atoms with Gasteiger partial charge in [0.25, 0.3) is 0 Å². The SMILES string of the molecule is CC(C)NC(=O)C(C)NCC1CCC(C)(C)O1. The highest BCUT2D eigenvalue weighted by molar-refractivity contribution is 5.81. The molecule has 4 heteroatoms. The zero-order valence-electron chi connectivity index (χ0n) is 11.7. The van der Waals surface area contributed by atoms with Crippen molar-refractivity contribution in [1.82, 2.24) is 10.6 Å². The quantitative estimate of drug-likeness (QED) is 0.767. The number of nitrogens with one attached hydrogen (secondary N) is 2. The first kappa shape index (κ1) is 14.5. The predicted octanol–water partition coefficient (Wildman–Crippen LogP) is 1.45. The van der Waals surface area contributed by atoms with Crippen molar-refractivity contribution in [2.75, 3.05) is 6.54 Å². The van der Waals surface area contributed by atoms with Gasteiger partial charge in [-0.15, -0.1) is 0 Å².